The van der Waals surface area contributed by atoms with E-state index in [1.165, 1.54) is 43.2 Å². The van der Waals surface area contributed by atoms with E-state index in [1.54, 1.807) is 6.33 Å². The van der Waals surface area contributed by atoms with E-state index in [1.807, 2.05) is 6.07 Å². The number of aryl methyl sites for hydroxylation is 1. The van der Waals surface area contributed by atoms with Crippen LogP contribution in [0.25, 0.3) is 0 Å². The lowest BCUT2D eigenvalue weighted by Crippen LogP contribution is -2.22. The lowest BCUT2D eigenvalue weighted by molar-refractivity contribution is 0.462. The van der Waals surface area contributed by atoms with Crippen LogP contribution in [0.4, 0.5) is 11.6 Å². The Balaban J connectivity index is 1.57. The fourth-order valence-electron chi connectivity index (χ4n) is 2.89. The number of anilines is 2. The highest BCUT2D eigenvalue weighted by Gasteiger charge is 2.13. The first-order valence-electron chi connectivity index (χ1n) is 8.17. The van der Waals surface area contributed by atoms with Gasteiger partial charge in [-0.2, -0.15) is 0 Å². The van der Waals surface area contributed by atoms with Crippen LogP contribution in [0.1, 0.15) is 43.2 Å². The monoisotopic (exact) mass is 296 g/mol. The summed E-state index contributed by atoms with van der Waals surface area (Å²) in [5.41, 5.74) is 2.54. The molecule has 22 heavy (non-hydrogen) atoms. The maximum atomic E-state index is 4.34. The molecule has 3 rings (SSSR count). The Bertz CT molecular complexity index is 588. The van der Waals surface area contributed by atoms with Crippen LogP contribution in [0.5, 0.6) is 0 Å². The normalized spacial score (nSPS) is 15.5. The van der Waals surface area contributed by atoms with Crippen LogP contribution in [-0.2, 0) is 6.54 Å². The van der Waals surface area contributed by atoms with Gasteiger partial charge in [0.2, 0.25) is 0 Å². The van der Waals surface area contributed by atoms with Crippen LogP contribution in [0.15, 0.2) is 36.7 Å². The van der Waals surface area contributed by atoms with Gasteiger partial charge in [-0.3, -0.25) is 0 Å². The summed E-state index contributed by atoms with van der Waals surface area (Å²) in [6, 6.07) is 11.1. The predicted octanol–water partition coefficient (Wildman–Crippen LogP) is 4.14. The number of aromatic nitrogens is 2. The Morgan fingerprint density at radius 3 is 2.50 bits per heavy atom. The molecule has 0 bridgehead atoms. The molecule has 4 nitrogen and oxygen atoms in total. The molecule has 0 unspecified atom stereocenters. The van der Waals surface area contributed by atoms with Crippen LogP contribution >= 0.6 is 0 Å². The largest absolute Gasteiger partial charge is 0.367 e. The fourth-order valence-corrected chi connectivity index (χ4v) is 2.89. The average Bonchev–Trinajstić information content (AvgIpc) is 2.56. The molecule has 1 aliphatic rings. The van der Waals surface area contributed by atoms with Gasteiger partial charge in [0.25, 0.3) is 0 Å². The Morgan fingerprint density at radius 2 is 1.73 bits per heavy atom. The first-order chi connectivity index (χ1) is 10.8. The third-order valence-electron chi connectivity index (χ3n) is 4.22. The summed E-state index contributed by atoms with van der Waals surface area (Å²) in [6.45, 7) is 2.88. The zero-order valence-corrected chi connectivity index (χ0v) is 13.2. The molecule has 4 heteroatoms. The molecule has 1 aromatic carbocycles. The molecule has 1 fully saturated rings. The van der Waals surface area contributed by atoms with Crippen molar-refractivity contribution < 1.29 is 0 Å². The molecular formula is C18H24N4. The van der Waals surface area contributed by atoms with E-state index < -0.39 is 0 Å². The van der Waals surface area contributed by atoms with E-state index >= 15 is 0 Å². The molecule has 0 atom stereocenters. The summed E-state index contributed by atoms with van der Waals surface area (Å²) in [6.07, 6.45) is 8.13. The average molecular weight is 296 g/mol. The van der Waals surface area contributed by atoms with Gasteiger partial charge in [-0.25, -0.2) is 9.97 Å². The minimum atomic E-state index is 0.564. The van der Waals surface area contributed by atoms with Gasteiger partial charge < -0.3 is 10.6 Å². The summed E-state index contributed by atoms with van der Waals surface area (Å²) in [4.78, 5) is 8.64. The molecule has 116 valence electrons. The minimum absolute atomic E-state index is 0.564. The lowest BCUT2D eigenvalue weighted by atomic mass is 9.95. The summed E-state index contributed by atoms with van der Waals surface area (Å²) in [5.74, 6) is 1.79. The van der Waals surface area contributed by atoms with Gasteiger partial charge in [0.15, 0.2) is 0 Å². The number of hydrogen-bond donors (Lipinski definition) is 2. The second kappa shape index (κ2) is 7.25. The van der Waals surface area contributed by atoms with Crippen molar-refractivity contribution in [2.24, 2.45) is 0 Å². The molecule has 2 aromatic rings. The van der Waals surface area contributed by atoms with Crippen LogP contribution in [0.2, 0.25) is 0 Å². The van der Waals surface area contributed by atoms with E-state index in [-0.39, 0.29) is 0 Å². The summed E-state index contributed by atoms with van der Waals surface area (Å²) in [5, 5.41) is 6.90. The Morgan fingerprint density at radius 1 is 1.00 bits per heavy atom. The van der Waals surface area contributed by atoms with Crippen molar-refractivity contribution in [3.63, 3.8) is 0 Å². The second-order valence-electron chi connectivity index (χ2n) is 6.11. The van der Waals surface area contributed by atoms with Crippen molar-refractivity contribution in [3.05, 3.63) is 47.8 Å². The van der Waals surface area contributed by atoms with Crippen molar-refractivity contribution in [2.75, 3.05) is 10.6 Å². The Labute approximate surface area is 132 Å². The zero-order chi connectivity index (χ0) is 15.2. The molecule has 0 radical (unpaired) electrons. The van der Waals surface area contributed by atoms with E-state index in [9.17, 15) is 0 Å². The number of rotatable bonds is 5. The molecule has 1 aliphatic carbocycles. The summed E-state index contributed by atoms with van der Waals surface area (Å²) >= 11 is 0. The lowest BCUT2D eigenvalue weighted by Gasteiger charge is -2.23. The highest BCUT2D eigenvalue weighted by Crippen LogP contribution is 2.21. The van der Waals surface area contributed by atoms with Crippen LogP contribution in [-0.4, -0.2) is 16.0 Å². The number of hydrogen-bond acceptors (Lipinski definition) is 4. The van der Waals surface area contributed by atoms with Gasteiger partial charge in [0.1, 0.15) is 18.0 Å². The highest BCUT2D eigenvalue weighted by atomic mass is 15.1. The van der Waals surface area contributed by atoms with E-state index in [0.29, 0.717) is 6.04 Å². The molecule has 2 N–H and O–H groups in total. The zero-order valence-electron chi connectivity index (χ0n) is 13.2. The summed E-state index contributed by atoms with van der Waals surface area (Å²) in [7, 11) is 0. The smallest absolute Gasteiger partial charge is 0.131 e. The number of nitrogens with zero attached hydrogens (tertiary/aromatic N) is 2. The summed E-state index contributed by atoms with van der Waals surface area (Å²) < 4.78 is 0. The highest BCUT2D eigenvalue weighted by molar-refractivity contribution is 5.47. The molecular weight excluding hydrogens is 272 g/mol. The number of benzene rings is 1. The third kappa shape index (κ3) is 4.20. The van der Waals surface area contributed by atoms with Crippen molar-refractivity contribution >= 4 is 11.6 Å². The van der Waals surface area contributed by atoms with Crippen molar-refractivity contribution in [2.45, 2.75) is 51.6 Å². The van der Waals surface area contributed by atoms with Crippen molar-refractivity contribution in [3.8, 4) is 0 Å². The van der Waals surface area contributed by atoms with Gasteiger partial charge in [-0.1, -0.05) is 49.1 Å². The van der Waals surface area contributed by atoms with E-state index in [2.05, 4.69) is 51.8 Å². The quantitative estimate of drug-likeness (QED) is 0.870. The van der Waals surface area contributed by atoms with Gasteiger partial charge in [0.05, 0.1) is 0 Å². The molecule has 1 heterocycles. The first kappa shape index (κ1) is 14.8. The first-order valence-corrected chi connectivity index (χ1v) is 8.17. The molecule has 0 saturated heterocycles. The van der Waals surface area contributed by atoms with Crippen molar-refractivity contribution in [1.29, 1.82) is 0 Å². The predicted molar refractivity (Wildman–Crippen MR) is 91.0 cm³/mol. The Hall–Kier alpha value is -2.10. The molecule has 1 saturated carbocycles. The molecule has 1 aromatic heterocycles. The second-order valence-corrected chi connectivity index (χ2v) is 6.11. The van der Waals surface area contributed by atoms with Crippen molar-refractivity contribution in [1.82, 2.24) is 9.97 Å². The standard InChI is InChI=1S/C18H24N4/c1-14-7-9-15(10-8-14)12-19-17-11-18(21-13-20-17)22-16-5-3-2-4-6-16/h7-11,13,16H,2-6,12H2,1H3,(H2,19,20,21,22). The maximum Gasteiger partial charge on any atom is 0.131 e. The Kier molecular flexibility index (Phi) is 4.88. The van der Waals surface area contributed by atoms with Gasteiger partial charge in [0, 0.05) is 18.7 Å². The third-order valence-corrected chi connectivity index (χ3v) is 4.22. The van der Waals surface area contributed by atoms with Gasteiger partial charge >= 0.3 is 0 Å². The van der Waals surface area contributed by atoms with Crippen LogP contribution < -0.4 is 10.6 Å². The van der Waals surface area contributed by atoms with E-state index in [4.69, 9.17) is 0 Å². The maximum absolute atomic E-state index is 4.34. The molecule has 0 amide bonds. The van der Waals surface area contributed by atoms with Crippen LogP contribution in [0.3, 0.4) is 0 Å². The van der Waals surface area contributed by atoms with Crippen LogP contribution in [0, 0.1) is 6.92 Å². The minimum Gasteiger partial charge on any atom is -0.367 e. The van der Waals surface area contributed by atoms with Gasteiger partial charge in [-0.15, -0.1) is 0 Å². The molecule has 0 aliphatic heterocycles. The van der Waals surface area contributed by atoms with E-state index in [0.717, 1.165) is 18.2 Å². The number of nitrogens with one attached hydrogen (secondary N) is 2. The SMILES string of the molecule is Cc1ccc(CNc2cc(NC3CCCCC3)ncn2)cc1. The fraction of sp³-hybridized carbons (Fsp3) is 0.444. The molecule has 0 spiro atoms. The van der Waals surface area contributed by atoms with Gasteiger partial charge in [-0.05, 0) is 25.3 Å². The topological polar surface area (TPSA) is 49.8 Å².